The van der Waals surface area contributed by atoms with Crippen molar-refractivity contribution in [3.05, 3.63) is 51.2 Å². The van der Waals surface area contributed by atoms with Crippen molar-refractivity contribution in [2.24, 2.45) is 0 Å². The molecule has 7 heteroatoms. The summed E-state index contributed by atoms with van der Waals surface area (Å²) in [7, 11) is -3.48. The Labute approximate surface area is 171 Å². The number of benzene rings is 1. The molecule has 1 aromatic carbocycles. The van der Waals surface area contributed by atoms with Gasteiger partial charge in [-0.1, -0.05) is 24.3 Å². The highest BCUT2D eigenvalue weighted by atomic mass is 32.2. The number of rotatable bonds is 4. The highest BCUT2D eigenvalue weighted by Gasteiger charge is 2.33. The molecule has 1 aliphatic heterocycles. The number of carbonyl (C=O) groups is 1. The molecule has 0 bridgehead atoms. The van der Waals surface area contributed by atoms with E-state index in [1.165, 1.54) is 26.8 Å². The Morgan fingerprint density at radius 3 is 2.54 bits per heavy atom. The highest BCUT2D eigenvalue weighted by Crippen LogP contribution is 2.35. The lowest BCUT2D eigenvalue weighted by Crippen LogP contribution is -2.50. The zero-order valence-electron chi connectivity index (χ0n) is 16.3. The minimum atomic E-state index is -3.48. The van der Waals surface area contributed by atoms with Crippen LogP contribution in [-0.2, 0) is 21.2 Å². The number of carbonyl (C=O) groups excluding carboxylic acids is 1. The molecule has 1 saturated heterocycles. The van der Waals surface area contributed by atoms with Gasteiger partial charge in [-0.2, -0.15) is 4.31 Å². The van der Waals surface area contributed by atoms with Crippen molar-refractivity contribution < 1.29 is 13.2 Å². The Balaban J connectivity index is 1.38. The Kier molecular flexibility index (Phi) is 5.33. The summed E-state index contributed by atoms with van der Waals surface area (Å²) in [6.45, 7) is 5.44. The first-order valence-corrected chi connectivity index (χ1v) is 12.0. The smallest absolute Gasteiger partial charge is 0.244 e. The molecule has 1 aromatic heterocycles. The number of fused-ring (bicyclic) bond motifs is 1. The van der Waals surface area contributed by atoms with Crippen LogP contribution in [0.25, 0.3) is 0 Å². The second-order valence-electron chi connectivity index (χ2n) is 7.70. The van der Waals surface area contributed by atoms with E-state index in [-0.39, 0.29) is 5.91 Å². The number of sulfonamides is 1. The summed E-state index contributed by atoms with van der Waals surface area (Å²) in [6, 6.07) is 10.1. The van der Waals surface area contributed by atoms with Gasteiger partial charge in [-0.15, -0.1) is 11.3 Å². The van der Waals surface area contributed by atoms with Gasteiger partial charge in [0.1, 0.15) is 0 Å². The van der Waals surface area contributed by atoms with Crippen LogP contribution in [0, 0.1) is 13.8 Å². The van der Waals surface area contributed by atoms with Crippen LogP contribution in [-0.4, -0.2) is 49.7 Å². The van der Waals surface area contributed by atoms with Crippen LogP contribution < -0.4 is 0 Å². The van der Waals surface area contributed by atoms with Crippen LogP contribution in [0.2, 0.25) is 0 Å². The van der Waals surface area contributed by atoms with E-state index in [9.17, 15) is 13.2 Å². The molecule has 5 nitrogen and oxygen atoms in total. The molecule has 1 atom stereocenters. The minimum absolute atomic E-state index is 0.140. The average Bonchev–Trinajstić information content (AvgIpc) is 3.25. The number of amides is 1. The van der Waals surface area contributed by atoms with E-state index >= 15 is 0 Å². The maximum atomic E-state index is 12.9. The first kappa shape index (κ1) is 19.6. The normalized spacial score (nSPS) is 20.4. The molecule has 0 radical (unpaired) electrons. The van der Waals surface area contributed by atoms with Crippen molar-refractivity contribution in [1.82, 2.24) is 9.21 Å². The maximum absolute atomic E-state index is 12.9. The zero-order valence-corrected chi connectivity index (χ0v) is 18.0. The van der Waals surface area contributed by atoms with Crippen molar-refractivity contribution in [3.8, 4) is 0 Å². The SMILES string of the molecule is Cc1cc(S(=O)(=O)N2CCN(C(=O)CC3CCc4ccccc43)CC2)c(C)s1. The third kappa shape index (κ3) is 3.63. The molecule has 1 aliphatic carbocycles. The van der Waals surface area contributed by atoms with E-state index < -0.39 is 10.0 Å². The lowest BCUT2D eigenvalue weighted by atomic mass is 9.97. The van der Waals surface area contributed by atoms with E-state index in [1.807, 2.05) is 24.8 Å². The van der Waals surface area contributed by atoms with Gasteiger partial charge >= 0.3 is 0 Å². The fourth-order valence-electron chi connectivity index (χ4n) is 4.38. The van der Waals surface area contributed by atoms with Crippen molar-refractivity contribution in [2.75, 3.05) is 26.2 Å². The number of nitrogens with zero attached hydrogens (tertiary/aromatic N) is 2. The van der Waals surface area contributed by atoms with Gasteiger partial charge in [0.25, 0.3) is 0 Å². The molecule has 1 fully saturated rings. The van der Waals surface area contributed by atoms with Gasteiger partial charge in [-0.05, 0) is 49.8 Å². The van der Waals surface area contributed by atoms with Gasteiger partial charge in [0, 0.05) is 42.4 Å². The van der Waals surface area contributed by atoms with Gasteiger partial charge < -0.3 is 4.90 Å². The molecule has 1 unspecified atom stereocenters. The monoisotopic (exact) mass is 418 g/mol. The molecule has 0 saturated carbocycles. The van der Waals surface area contributed by atoms with E-state index in [0.29, 0.717) is 43.4 Å². The first-order valence-electron chi connectivity index (χ1n) is 9.79. The van der Waals surface area contributed by atoms with Crippen molar-refractivity contribution in [2.45, 2.75) is 43.9 Å². The quantitative estimate of drug-likeness (QED) is 0.765. The van der Waals surface area contributed by atoms with E-state index in [0.717, 1.165) is 22.6 Å². The number of hydrogen-bond donors (Lipinski definition) is 0. The van der Waals surface area contributed by atoms with Crippen LogP contribution in [0.1, 0.15) is 39.6 Å². The number of aryl methyl sites for hydroxylation is 3. The topological polar surface area (TPSA) is 57.7 Å². The van der Waals surface area contributed by atoms with E-state index in [4.69, 9.17) is 0 Å². The van der Waals surface area contributed by atoms with Gasteiger partial charge in [0.2, 0.25) is 15.9 Å². The summed E-state index contributed by atoms with van der Waals surface area (Å²) < 4.78 is 27.4. The van der Waals surface area contributed by atoms with Crippen LogP contribution in [0.5, 0.6) is 0 Å². The van der Waals surface area contributed by atoms with Gasteiger partial charge in [0.05, 0.1) is 4.90 Å². The first-order chi connectivity index (χ1) is 13.4. The Morgan fingerprint density at radius 1 is 1.14 bits per heavy atom. The molecular weight excluding hydrogens is 392 g/mol. The summed E-state index contributed by atoms with van der Waals surface area (Å²) in [5.41, 5.74) is 2.66. The third-order valence-corrected chi connectivity index (χ3v) is 9.00. The number of piperazine rings is 1. The minimum Gasteiger partial charge on any atom is -0.340 e. The van der Waals surface area contributed by atoms with E-state index in [1.54, 1.807) is 6.07 Å². The molecule has 28 heavy (non-hydrogen) atoms. The van der Waals surface area contributed by atoms with Crippen LogP contribution in [0.4, 0.5) is 0 Å². The molecular formula is C21H26N2O3S2. The summed E-state index contributed by atoms with van der Waals surface area (Å²) in [4.78, 5) is 16.9. The summed E-state index contributed by atoms with van der Waals surface area (Å²) in [6.07, 6.45) is 2.59. The standard InChI is InChI=1S/C21H26N2O3S2/c1-15-13-20(16(2)27-15)28(25,26)23-11-9-22(10-12-23)21(24)14-18-8-7-17-5-3-4-6-19(17)18/h3-6,13,18H,7-12,14H2,1-2H3. The molecule has 0 N–H and O–H groups in total. The number of thiophene rings is 1. The van der Waals surface area contributed by atoms with Crippen LogP contribution in [0.15, 0.2) is 35.2 Å². The maximum Gasteiger partial charge on any atom is 0.244 e. The highest BCUT2D eigenvalue weighted by molar-refractivity contribution is 7.89. The third-order valence-electron chi connectivity index (χ3n) is 5.88. The fraction of sp³-hybridized carbons (Fsp3) is 0.476. The van der Waals surface area contributed by atoms with Crippen molar-refractivity contribution >= 4 is 27.3 Å². The molecule has 1 amide bonds. The van der Waals surface area contributed by atoms with Crippen molar-refractivity contribution in [1.29, 1.82) is 0 Å². The largest absolute Gasteiger partial charge is 0.340 e. The van der Waals surface area contributed by atoms with Gasteiger partial charge in [-0.25, -0.2) is 8.42 Å². The summed E-state index contributed by atoms with van der Waals surface area (Å²) in [5.74, 6) is 0.434. The molecule has 0 spiro atoms. The average molecular weight is 419 g/mol. The summed E-state index contributed by atoms with van der Waals surface area (Å²) >= 11 is 1.51. The lowest BCUT2D eigenvalue weighted by molar-refractivity contribution is -0.132. The fourth-order valence-corrected chi connectivity index (χ4v) is 7.32. The molecule has 150 valence electrons. The van der Waals surface area contributed by atoms with E-state index in [2.05, 4.69) is 18.2 Å². The molecule has 2 heterocycles. The second-order valence-corrected chi connectivity index (χ2v) is 11.1. The Morgan fingerprint density at radius 2 is 1.86 bits per heavy atom. The zero-order chi connectivity index (χ0) is 19.9. The van der Waals surface area contributed by atoms with Gasteiger partial charge in [-0.3, -0.25) is 4.79 Å². The molecule has 2 aliphatic rings. The molecule has 4 rings (SSSR count). The summed E-state index contributed by atoms with van der Waals surface area (Å²) in [5, 5.41) is 0. The van der Waals surface area contributed by atoms with Crippen LogP contribution >= 0.6 is 11.3 Å². The van der Waals surface area contributed by atoms with Gasteiger partial charge in [0.15, 0.2) is 0 Å². The predicted molar refractivity (Wildman–Crippen MR) is 111 cm³/mol. The van der Waals surface area contributed by atoms with Crippen molar-refractivity contribution in [3.63, 3.8) is 0 Å². The Bertz CT molecular complexity index is 989. The second kappa shape index (κ2) is 7.61. The predicted octanol–water partition coefficient (Wildman–Crippen LogP) is 3.32. The Hall–Kier alpha value is -1.70. The van der Waals surface area contributed by atoms with Crippen LogP contribution in [0.3, 0.4) is 0 Å². The lowest BCUT2D eigenvalue weighted by Gasteiger charge is -2.34. The number of hydrogen-bond acceptors (Lipinski definition) is 4. The molecule has 2 aromatic rings.